The van der Waals surface area contributed by atoms with E-state index in [1.54, 1.807) is 51.4 Å². The van der Waals surface area contributed by atoms with Gasteiger partial charge in [0.25, 0.3) is 23.6 Å². The highest BCUT2D eigenvalue weighted by molar-refractivity contribution is 6.76. The van der Waals surface area contributed by atoms with Crippen LogP contribution < -0.4 is 34.1 Å². The van der Waals surface area contributed by atoms with Crippen LogP contribution in [0.4, 0.5) is 11.4 Å². The van der Waals surface area contributed by atoms with Gasteiger partial charge in [-0.3, -0.25) is 29.0 Å². The second-order valence-corrected chi connectivity index (χ2v) is 31.2. The van der Waals surface area contributed by atoms with Gasteiger partial charge in [-0.1, -0.05) is 50.4 Å². The average molecular weight is 934 g/mol. The fraction of sp³-hybridized carbons (Fsp3) is 0.583. The zero-order valence-corrected chi connectivity index (χ0v) is 42.3. The molecule has 4 heterocycles. The highest BCUT2D eigenvalue weighted by Gasteiger charge is 2.44. The number of carbonyl (C=O) groups excluding carboxylic acids is 4. The first kappa shape index (κ1) is 49.7. The van der Waals surface area contributed by atoms with E-state index in [9.17, 15) is 19.2 Å². The molecule has 6 rings (SSSR count). The number of fused-ring (bicyclic) bond motifs is 4. The molecule has 0 saturated heterocycles. The third-order valence-electron chi connectivity index (χ3n) is 11.9. The van der Waals surface area contributed by atoms with Crippen LogP contribution in [0.2, 0.25) is 51.4 Å². The molecule has 4 aliphatic rings. The third-order valence-corrected chi connectivity index (χ3v) is 15.4. The third kappa shape index (κ3) is 12.4. The molecule has 4 amide bonds. The lowest BCUT2D eigenvalue weighted by Crippen LogP contribution is -2.45. The Morgan fingerprint density at radius 3 is 1.43 bits per heavy atom. The van der Waals surface area contributed by atoms with E-state index >= 15 is 0 Å². The van der Waals surface area contributed by atoms with Crippen LogP contribution >= 0.6 is 0 Å². The predicted molar refractivity (Wildman–Crippen MR) is 258 cm³/mol. The van der Waals surface area contributed by atoms with Crippen molar-refractivity contribution in [3.63, 3.8) is 0 Å². The van der Waals surface area contributed by atoms with Crippen LogP contribution in [-0.2, 0) is 19.1 Å². The van der Waals surface area contributed by atoms with Crippen LogP contribution in [0.25, 0.3) is 0 Å². The molecule has 1 N–H and O–H groups in total. The van der Waals surface area contributed by atoms with Gasteiger partial charge in [0.05, 0.1) is 49.4 Å². The van der Waals surface area contributed by atoms with Gasteiger partial charge < -0.3 is 43.5 Å². The summed E-state index contributed by atoms with van der Waals surface area (Å²) in [7, 11) is 0.666. The lowest BCUT2D eigenvalue weighted by atomic mass is 10.1. The Hall–Kier alpha value is -4.69. The predicted octanol–water partition coefficient (Wildman–Crippen LogP) is 7.87. The number of hydrogen-bond acceptors (Lipinski definition) is 11. The molecule has 2 aromatic carbocycles. The Morgan fingerprint density at radius 2 is 1.00 bits per heavy atom. The number of rotatable bonds is 24. The number of ether oxygens (including phenoxy) is 6. The van der Waals surface area contributed by atoms with Gasteiger partial charge in [0.1, 0.15) is 25.5 Å². The van der Waals surface area contributed by atoms with Crippen LogP contribution in [0.1, 0.15) is 73.1 Å². The molecule has 17 heteroatoms. The maximum atomic E-state index is 14.2. The van der Waals surface area contributed by atoms with E-state index < -0.39 is 28.2 Å². The summed E-state index contributed by atoms with van der Waals surface area (Å²) in [5, 5.41) is 3.14. The van der Waals surface area contributed by atoms with Crippen molar-refractivity contribution in [2.75, 3.05) is 77.0 Å². The molecule has 2 atom stereocenters. The maximum absolute atomic E-state index is 14.2. The smallest absolute Gasteiger partial charge is 0.260 e. The van der Waals surface area contributed by atoms with Crippen molar-refractivity contribution in [1.29, 1.82) is 0 Å². The van der Waals surface area contributed by atoms with Crippen molar-refractivity contribution >= 4 is 51.2 Å². The lowest BCUT2D eigenvalue weighted by Gasteiger charge is -2.27. The molecule has 356 valence electrons. The molecule has 4 aliphatic heterocycles. The summed E-state index contributed by atoms with van der Waals surface area (Å²) < 4.78 is 36.9. The molecule has 0 aliphatic carbocycles. The van der Waals surface area contributed by atoms with Crippen LogP contribution in [0.15, 0.2) is 47.8 Å². The van der Waals surface area contributed by atoms with Crippen LogP contribution in [-0.4, -0.2) is 129 Å². The van der Waals surface area contributed by atoms with E-state index in [0.29, 0.717) is 104 Å². The van der Waals surface area contributed by atoms with Crippen LogP contribution in [0.3, 0.4) is 0 Å². The normalized spacial score (nSPS) is 18.5. The van der Waals surface area contributed by atoms with Gasteiger partial charge in [-0.15, -0.1) is 0 Å². The molecule has 15 nitrogen and oxygen atoms in total. The molecular weight excluding hydrogens is 863 g/mol. The number of methoxy groups -OCH3 is 1. The van der Waals surface area contributed by atoms with E-state index in [1.165, 1.54) is 12.0 Å². The minimum atomic E-state index is -1.38. The van der Waals surface area contributed by atoms with Gasteiger partial charge in [-0.2, -0.15) is 0 Å². The first-order valence-electron chi connectivity index (χ1n) is 23.1. The molecule has 0 spiro atoms. The number of hydrogen-bond donors (Lipinski definition) is 1. The van der Waals surface area contributed by atoms with Crippen molar-refractivity contribution < 1.29 is 47.6 Å². The molecule has 0 fully saturated rings. The Labute approximate surface area is 387 Å². The van der Waals surface area contributed by atoms with E-state index in [4.69, 9.17) is 28.4 Å². The van der Waals surface area contributed by atoms with Crippen molar-refractivity contribution in [3.8, 4) is 23.0 Å². The molecule has 0 saturated carbocycles. The number of nitrogens with one attached hydrogen (secondary N) is 1. The van der Waals surface area contributed by atoms with E-state index in [2.05, 4.69) is 44.6 Å². The lowest BCUT2D eigenvalue weighted by molar-refractivity contribution is -0.123. The van der Waals surface area contributed by atoms with Gasteiger partial charge >= 0.3 is 0 Å². The van der Waals surface area contributed by atoms with E-state index in [0.717, 1.165) is 42.6 Å². The van der Waals surface area contributed by atoms with Crippen molar-refractivity contribution in [2.45, 2.75) is 116 Å². The minimum Gasteiger partial charge on any atom is -0.493 e. The standard InChI is InChI=1S/C48H71N5O10Si2/c1-33-23-39-47(56)52(31-59-19-21-64(5,6)7)37-27-43(41(58-4)25-35(37)45(54)50(39)29-33)61-16-12-11-13-17-62-44-28-38-36(26-42(44)63-18-14-15-49-3)46(55)51-30-34(2)24-40(51)48(57)53(38)32-60-20-22-65(8,9)10/h25-30,39-40,49H,11-24,31-32H2,1-10H3/t39-,40-/m0/s1. The molecular formula is C48H71N5O10Si2. The summed E-state index contributed by atoms with van der Waals surface area (Å²) in [5.74, 6) is 0.799. The molecule has 0 bridgehead atoms. The van der Waals surface area contributed by atoms with Gasteiger partial charge in [-0.05, 0) is 90.2 Å². The molecule has 65 heavy (non-hydrogen) atoms. The summed E-state index contributed by atoms with van der Waals surface area (Å²) in [6.07, 6.45) is 7.33. The fourth-order valence-electron chi connectivity index (χ4n) is 8.15. The van der Waals surface area contributed by atoms with Gasteiger partial charge in [0.2, 0.25) is 0 Å². The highest BCUT2D eigenvalue weighted by atomic mass is 28.3. The quantitative estimate of drug-likeness (QED) is 0.0810. The minimum absolute atomic E-state index is 0.0247. The molecule has 2 aromatic rings. The average Bonchev–Trinajstić information content (AvgIpc) is 3.82. The number of anilines is 2. The zero-order chi connectivity index (χ0) is 47.1. The molecule has 0 unspecified atom stereocenters. The largest absolute Gasteiger partial charge is 0.493 e. The Bertz CT molecular complexity index is 2130. The van der Waals surface area contributed by atoms with Gasteiger partial charge in [0.15, 0.2) is 23.0 Å². The Kier molecular flexibility index (Phi) is 16.6. The van der Waals surface area contributed by atoms with Crippen LogP contribution in [0.5, 0.6) is 23.0 Å². The number of carbonyl (C=O) groups is 4. The summed E-state index contributed by atoms with van der Waals surface area (Å²) in [6, 6.07) is 7.47. The van der Waals surface area contributed by atoms with E-state index in [-0.39, 0.29) is 37.1 Å². The summed E-state index contributed by atoms with van der Waals surface area (Å²) >= 11 is 0. The van der Waals surface area contributed by atoms with Gasteiger partial charge in [0, 0.05) is 53.9 Å². The second-order valence-electron chi connectivity index (χ2n) is 19.9. The second kappa shape index (κ2) is 21.7. The van der Waals surface area contributed by atoms with Crippen molar-refractivity contribution in [1.82, 2.24) is 15.1 Å². The van der Waals surface area contributed by atoms with Crippen molar-refractivity contribution in [3.05, 3.63) is 58.9 Å². The number of amides is 4. The monoisotopic (exact) mass is 933 g/mol. The first-order valence-corrected chi connectivity index (χ1v) is 30.5. The SMILES string of the molecule is CNCCCOc1cc2c(cc1OCCCCCOc1cc3c(cc1OC)C(=O)N1C=C(C)C[C@H]1C(=O)N3COCC[Si](C)(C)C)N(COCC[Si](C)(C)C)C(=O)[C@@H]1CC(C)=CN1C2=O. The molecule has 0 radical (unpaired) electrons. The summed E-state index contributed by atoms with van der Waals surface area (Å²) in [5.41, 5.74) is 3.53. The maximum Gasteiger partial charge on any atom is 0.260 e. The highest BCUT2D eigenvalue weighted by Crippen LogP contribution is 2.42. The summed E-state index contributed by atoms with van der Waals surface area (Å²) in [6.45, 7) is 20.5. The number of unbranched alkanes of at least 4 members (excludes halogenated alkanes) is 2. The first-order chi connectivity index (χ1) is 30.9. The van der Waals surface area contributed by atoms with Crippen molar-refractivity contribution in [2.24, 2.45) is 0 Å². The topological polar surface area (TPSA) is 149 Å². The fourth-order valence-corrected chi connectivity index (χ4v) is 9.67. The summed E-state index contributed by atoms with van der Waals surface area (Å²) in [4.78, 5) is 62.5. The Balaban J connectivity index is 1.14. The molecule has 0 aromatic heterocycles. The number of benzene rings is 2. The Morgan fingerprint density at radius 1 is 0.585 bits per heavy atom. The van der Waals surface area contributed by atoms with Gasteiger partial charge in [-0.25, -0.2) is 0 Å². The number of nitrogens with zero attached hydrogens (tertiary/aromatic N) is 4. The van der Waals surface area contributed by atoms with Crippen LogP contribution in [0, 0.1) is 0 Å². The van der Waals surface area contributed by atoms with E-state index in [1.807, 2.05) is 20.9 Å². The zero-order valence-electron chi connectivity index (χ0n) is 40.3.